The van der Waals surface area contributed by atoms with Gasteiger partial charge >= 0.3 is 0 Å². The van der Waals surface area contributed by atoms with Crippen molar-refractivity contribution in [3.05, 3.63) is 53.1 Å². The predicted molar refractivity (Wildman–Crippen MR) is 99.7 cm³/mol. The molecular weight excluding hydrogens is 374 g/mol. The first kappa shape index (κ1) is 19.6. The van der Waals surface area contributed by atoms with E-state index < -0.39 is 21.7 Å². The number of likely N-dealkylation sites (N-methyl/N-ethyl adjacent to an activating group) is 1. The van der Waals surface area contributed by atoms with Crippen molar-refractivity contribution >= 4 is 15.7 Å². The highest BCUT2D eigenvalue weighted by Gasteiger charge is 2.27. The Kier molecular flexibility index (Phi) is 5.39. The summed E-state index contributed by atoms with van der Waals surface area (Å²) in [6, 6.07) is 6.22. The second-order valence-electron chi connectivity index (χ2n) is 6.81. The van der Waals surface area contributed by atoms with Gasteiger partial charge in [-0.25, -0.2) is 17.2 Å². The van der Waals surface area contributed by atoms with Gasteiger partial charge in [-0.3, -0.25) is 4.72 Å². The summed E-state index contributed by atoms with van der Waals surface area (Å²) >= 11 is 0. The van der Waals surface area contributed by atoms with Gasteiger partial charge in [0, 0.05) is 11.6 Å². The molecule has 1 atom stereocenters. The lowest BCUT2D eigenvalue weighted by molar-refractivity contribution is 0.265. The van der Waals surface area contributed by atoms with E-state index in [1.54, 1.807) is 19.2 Å². The van der Waals surface area contributed by atoms with Crippen LogP contribution in [0.5, 0.6) is 5.75 Å². The molecule has 2 aromatic rings. The number of hydrogen-bond donors (Lipinski definition) is 1. The molecule has 1 aliphatic rings. The molecule has 1 unspecified atom stereocenters. The van der Waals surface area contributed by atoms with Crippen molar-refractivity contribution in [3.8, 4) is 5.75 Å². The Morgan fingerprint density at radius 3 is 2.48 bits per heavy atom. The molecule has 0 bridgehead atoms. The Labute approximate surface area is 158 Å². The van der Waals surface area contributed by atoms with Crippen LogP contribution in [0.4, 0.5) is 14.5 Å². The number of rotatable bonds is 5. The maximum atomic E-state index is 13.5. The number of hydrogen-bond acceptors (Lipinski definition) is 4. The van der Waals surface area contributed by atoms with E-state index in [0.29, 0.717) is 30.0 Å². The van der Waals surface area contributed by atoms with E-state index in [1.807, 2.05) is 14.1 Å². The van der Waals surface area contributed by atoms with Crippen LogP contribution in [-0.4, -0.2) is 40.6 Å². The van der Waals surface area contributed by atoms with Gasteiger partial charge in [0.1, 0.15) is 5.75 Å². The van der Waals surface area contributed by atoms with Gasteiger partial charge in [0.25, 0.3) is 10.0 Å². The molecule has 0 radical (unpaired) electrons. The summed E-state index contributed by atoms with van der Waals surface area (Å²) in [7, 11) is 1.56. The average molecular weight is 396 g/mol. The molecule has 27 heavy (non-hydrogen) atoms. The van der Waals surface area contributed by atoms with Gasteiger partial charge in [-0.05, 0) is 69.3 Å². The molecule has 3 rings (SSSR count). The summed E-state index contributed by atoms with van der Waals surface area (Å²) in [5.41, 5.74) is 2.28. The van der Waals surface area contributed by atoms with E-state index in [4.69, 9.17) is 4.74 Å². The molecule has 1 aliphatic carbocycles. The summed E-state index contributed by atoms with van der Waals surface area (Å²) in [5, 5.41) is 0. The van der Waals surface area contributed by atoms with Crippen molar-refractivity contribution in [2.75, 3.05) is 25.9 Å². The second kappa shape index (κ2) is 7.44. The van der Waals surface area contributed by atoms with E-state index >= 15 is 0 Å². The van der Waals surface area contributed by atoms with Gasteiger partial charge in [0.2, 0.25) is 0 Å². The normalized spacial score (nSPS) is 16.9. The van der Waals surface area contributed by atoms with E-state index in [9.17, 15) is 17.2 Å². The SMILES string of the molecule is COc1ccc(NS(=O)(=O)c2ccc(F)c(F)c2)c2c1CC(N(C)C)CC2. The number of anilines is 1. The van der Waals surface area contributed by atoms with Crippen molar-refractivity contribution in [2.24, 2.45) is 0 Å². The van der Waals surface area contributed by atoms with Crippen LogP contribution >= 0.6 is 0 Å². The monoisotopic (exact) mass is 396 g/mol. The zero-order valence-electron chi connectivity index (χ0n) is 15.4. The number of halogens is 2. The van der Waals surface area contributed by atoms with Crippen molar-refractivity contribution in [1.82, 2.24) is 4.90 Å². The highest BCUT2D eigenvalue weighted by Crippen LogP contribution is 2.36. The minimum atomic E-state index is -4.04. The Hall–Kier alpha value is -2.19. The van der Waals surface area contributed by atoms with Gasteiger partial charge in [0.15, 0.2) is 11.6 Å². The minimum absolute atomic E-state index is 0.326. The van der Waals surface area contributed by atoms with Crippen molar-refractivity contribution in [1.29, 1.82) is 0 Å². The molecule has 2 aromatic carbocycles. The first-order chi connectivity index (χ1) is 12.7. The van der Waals surface area contributed by atoms with Crippen LogP contribution < -0.4 is 9.46 Å². The van der Waals surface area contributed by atoms with Gasteiger partial charge < -0.3 is 9.64 Å². The summed E-state index contributed by atoms with van der Waals surface area (Å²) in [6.45, 7) is 0. The third-order valence-electron chi connectivity index (χ3n) is 4.95. The van der Waals surface area contributed by atoms with Crippen LogP contribution in [0.1, 0.15) is 17.5 Å². The Morgan fingerprint density at radius 2 is 1.85 bits per heavy atom. The van der Waals surface area contributed by atoms with Crippen LogP contribution in [0.15, 0.2) is 35.2 Å². The molecule has 0 fully saturated rings. The summed E-state index contributed by atoms with van der Waals surface area (Å²) in [5.74, 6) is -1.58. The number of ether oxygens (including phenoxy) is 1. The zero-order valence-corrected chi connectivity index (χ0v) is 16.2. The largest absolute Gasteiger partial charge is 0.496 e. The fraction of sp³-hybridized carbons (Fsp3) is 0.368. The Balaban J connectivity index is 1.98. The van der Waals surface area contributed by atoms with Crippen molar-refractivity contribution in [2.45, 2.75) is 30.2 Å². The van der Waals surface area contributed by atoms with E-state index in [-0.39, 0.29) is 4.90 Å². The van der Waals surface area contributed by atoms with Crippen LogP contribution in [0, 0.1) is 11.6 Å². The first-order valence-electron chi connectivity index (χ1n) is 8.56. The molecule has 0 saturated heterocycles. The molecule has 1 N–H and O–H groups in total. The first-order valence-corrected chi connectivity index (χ1v) is 10.0. The third kappa shape index (κ3) is 3.91. The van der Waals surface area contributed by atoms with Gasteiger partial charge in [-0.15, -0.1) is 0 Å². The van der Waals surface area contributed by atoms with Gasteiger partial charge in [0.05, 0.1) is 17.7 Å². The lowest BCUT2D eigenvalue weighted by Gasteiger charge is -2.32. The number of fused-ring (bicyclic) bond motifs is 1. The van der Waals surface area contributed by atoms with E-state index in [1.165, 1.54) is 0 Å². The number of sulfonamides is 1. The van der Waals surface area contributed by atoms with Crippen LogP contribution in [0.2, 0.25) is 0 Å². The van der Waals surface area contributed by atoms with E-state index in [2.05, 4.69) is 9.62 Å². The number of nitrogens with zero attached hydrogens (tertiary/aromatic N) is 1. The lowest BCUT2D eigenvalue weighted by Crippen LogP contribution is -2.34. The maximum absolute atomic E-state index is 13.5. The number of nitrogens with one attached hydrogen (secondary N) is 1. The molecule has 0 saturated carbocycles. The molecule has 0 aromatic heterocycles. The standard InChI is InChI=1S/C19H22F2N2O3S/c1-23(2)12-4-6-14-15(10-12)19(26-3)9-8-18(14)22-27(24,25)13-5-7-16(20)17(21)11-13/h5,7-9,11-12,22H,4,6,10H2,1-3H3. The maximum Gasteiger partial charge on any atom is 0.262 e. The van der Waals surface area contributed by atoms with Gasteiger partial charge in [-0.2, -0.15) is 0 Å². The summed E-state index contributed by atoms with van der Waals surface area (Å²) < 4.78 is 59.8. The fourth-order valence-electron chi connectivity index (χ4n) is 3.40. The molecular formula is C19H22F2N2O3S. The van der Waals surface area contributed by atoms with Crippen LogP contribution in [0.25, 0.3) is 0 Å². The minimum Gasteiger partial charge on any atom is -0.496 e. The van der Waals surface area contributed by atoms with Crippen molar-refractivity contribution in [3.63, 3.8) is 0 Å². The molecule has 146 valence electrons. The number of benzene rings is 2. The highest BCUT2D eigenvalue weighted by molar-refractivity contribution is 7.92. The highest BCUT2D eigenvalue weighted by atomic mass is 32.2. The smallest absolute Gasteiger partial charge is 0.262 e. The predicted octanol–water partition coefficient (Wildman–Crippen LogP) is 3.19. The quantitative estimate of drug-likeness (QED) is 0.843. The molecule has 0 aliphatic heterocycles. The molecule has 5 nitrogen and oxygen atoms in total. The average Bonchev–Trinajstić information content (AvgIpc) is 2.63. The molecule has 0 heterocycles. The summed E-state index contributed by atoms with van der Waals surface area (Å²) in [6.07, 6.45) is 2.31. The summed E-state index contributed by atoms with van der Waals surface area (Å²) in [4.78, 5) is 1.81. The molecule has 0 amide bonds. The van der Waals surface area contributed by atoms with Crippen molar-refractivity contribution < 1.29 is 21.9 Å². The van der Waals surface area contributed by atoms with Crippen LogP contribution in [-0.2, 0) is 22.9 Å². The lowest BCUT2D eigenvalue weighted by atomic mass is 9.86. The zero-order chi connectivity index (χ0) is 19.8. The van der Waals surface area contributed by atoms with E-state index in [0.717, 1.165) is 36.1 Å². The van der Waals surface area contributed by atoms with Crippen LogP contribution in [0.3, 0.4) is 0 Å². The van der Waals surface area contributed by atoms with Gasteiger partial charge in [-0.1, -0.05) is 0 Å². The molecule has 8 heteroatoms. The Bertz CT molecular complexity index is 962. The topological polar surface area (TPSA) is 58.6 Å². The third-order valence-corrected chi connectivity index (χ3v) is 6.31. The fourth-order valence-corrected chi connectivity index (χ4v) is 4.51. The second-order valence-corrected chi connectivity index (χ2v) is 8.50. The number of methoxy groups -OCH3 is 1. The molecule has 0 spiro atoms. The Morgan fingerprint density at radius 1 is 1.11 bits per heavy atom.